The molecule has 1 saturated carbocycles. The summed E-state index contributed by atoms with van der Waals surface area (Å²) in [5.74, 6) is 1.47. The van der Waals surface area contributed by atoms with Crippen molar-refractivity contribution in [2.24, 2.45) is 0 Å². The smallest absolute Gasteiger partial charge is 0.269 e. The molecule has 2 bridgehead atoms. The molecule has 3 aliphatic rings. The van der Waals surface area contributed by atoms with Gasteiger partial charge in [0.15, 0.2) is 0 Å². The van der Waals surface area contributed by atoms with E-state index in [1.165, 1.54) is 12.8 Å². The van der Waals surface area contributed by atoms with Crippen LogP contribution in [-0.2, 0) is 4.79 Å². The number of hydrogen-bond donors (Lipinski definition) is 2. The molecular formula is C27H34N8O2. The lowest BCUT2D eigenvalue weighted by Crippen LogP contribution is -2.38. The van der Waals surface area contributed by atoms with Crippen LogP contribution in [-0.4, -0.2) is 81.3 Å². The van der Waals surface area contributed by atoms with Gasteiger partial charge in [-0.15, -0.1) is 0 Å². The molecule has 10 heteroatoms. The van der Waals surface area contributed by atoms with E-state index in [0.29, 0.717) is 54.1 Å². The van der Waals surface area contributed by atoms with Gasteiger partial charge in [0.25, 0.3) is 5.91 Å². The predicted molar refractivity (Wildman–Crippen MR) is 142 cm³/mol. The highest BCUT2D eigenvalue weighted by Gasteiger charge is 2.38. The third-order valence-corrected chi connectivity index (χ3v) is 8.28. The summed E-state index contributed by atoms with van der Waals surface area (Å²) in [6, 6.07) is 6.43. The van der Waals surface area contributed by atoms with Gasteiger partial charge in [-0.2, -0.15) is 4.98 Å². The minimum Gasteiger partial charge on any atom is -0.344 e. The summed E-state index contributed by atoms with van der Waals surface area (Å²) in [5.41, 5.74) is 2.95. The number of nitrogens with zero attached hydrogens (tertiary/aromatic N) is 6. The number of carbonyl (C=O) groups is 2. The van der Waals surface area contributed by atoms with Gasteiger partial charge in [-0.3, -0.25) is 14.5 Å². The summed E-state index contributed by atoms with van der Waals surface area (Å²) in [6.45, 7) is 0.700. The zero-order valence-electron chi connectivity index (χ0n) is 21.7. The van der Waals surface area contributed by atoms with E-state index in [1.807, 2.05) is 23.1 Å². The van der Waals surface area contributed by atoms with Gasteiger partial charge < -0.3 is 20.1 Å². The summed E-state index contributed by atoms with van der Waals surface area (Å²) in [4.78, 5) is 48.6. The Morgan fingerprint density at radius 2 is 1.89 bits per heavy atom. The number of carbonyl (C=O) groups excluding carboxylic acids is 2. The maximum absolute atomic E-state index is 12.9. The van der Waals surface area contributed by atoms with Gasteiger partial charge in [0.2, 0.25) is 11.9 Å². The van der Waals surface area contributed by atoms with Gasteiger partial charge in [-0.25, -0.2) is 9.97 Å². The first-order chi connectivity index (χ1) is 17.9. The molecule has 0 aromatic carbocycles. The Morgan fingerprint density at radius 3 is 2.62 bits per heavy atom. The number of H-pyrrole nitrogens is 1. The molecule has 2 amide bonds. The summed E-state index contributed by atoms with van der Waals surface area (Å²) < 4.78 is 0. The topological polar surface area (TPSA) is 110 Å². The third-order valence-electron chi connectivity index (χ3n) is 8.28. The third kappa shape index (κ3) is 4.43. The minimum atomic E-state index is -0.0930. The van der Waals surface area contributed by atoms with Crippen molar-refractivity contribution in [3.63, 3.8) is 0 Å². The van der Waals surface area contributed by atoms with Gasteiger partial charge in [-0.1, -0.05) is 12.8 Å². The first-order valence-corrected chi connectivity index (χ1v) is 13.2. The monoisotopic (exact) mass is 502 g/mol. The molecule has 0 unspecified atom stereocenters. The number of nitrogens with one attached hydrogen (secondary N) is 2. The molecule has 3 aromatic heterocycles. The lowest BCUT2D eigenvalue weighted by molar-refractivity contribution is -0.119. The van der Waals surface area contributed by atoms with Gasteiger partial charge in [0, 0.05) is 50.4 Å². The number of anilines is 3. The first-order valence-electron chi connectivity index (χ1n) is 13.2. The lowest BCUT2D eigenvalue weighted by Gasteiger charge is -2.25. The molecule has 0 radical (unpaired) electrons. The predicted octanol–water partition coefficient (Wildman–Crippen LogP) is 3.66. The van der Waals surface area contributed by atoms with Crippen LogP contribution in [0.4, 0.5) is 17.5 Å². The highest BCUT2D eigenvalue weighted by atomic mass is 16.2. The van der Waals surface area contributed by atoms with E-state index in [2.05, 4.69) is 32.2 Å². The van der Waals surface area contributed by atoms with Crippen LogP contribution in [0.3, 0.4) is 0 Å². The number of aromatic amines is 1. The Bertz CT molecular complexity index is 1330. The largest absolute Gasteiger partial charge is 0.344 e. The summed E-state index contributed by atoms with van der Waals surface area (Å²) in [7, 11) is 5.61. The van der Waals surface area contributed by atoms with E-state index in [0.717, 1.165) is 42.5 Å². The Hall–Kier alpha value is -3.53. The van der Waals surface area contributed by atoms with Crippen molar-refractivity contribution in [2.45, 2.75) is 62.9 Å². The molecule has 2 aliphatic heterocycles. The number of hydrogen-bond acceptors (Lipinski definition) is 7. The van der Waals surface area contributed by atoms with Gasteiger partial charge in [-0.05, 0) is 50.9 Å². The summed E-state index contributed by atoms with van der Waals surface area (Å²) in [5, 5.41) is 4.16. The van der Waals surface area contributed by atoms with E-state index in [9.17, 15) is 9.59 Å². The van der Waals surface area contributed by atoms with E-state index < -0.39 is 0 Å². The summed E-state index contributed by atoms with van der Waals surface area (Å²) >= 11 is 0. The van der Waals surface area contributed by atoms with Crippen molar-refractivity contribution >= 4 is 40.3 Å². The fourth-order valence-electron chi connectivity index (χ4n) is 6.12. The lowest BCUT2D eigenvalue weighted by atomic mass is 10.0. The SMILES string of the molecule is CN(C)C(=O)c1cc2c(C3CCCC3)nc(Nc3ccc(N4C[C@H]5CC[C@@H](CC4=O)N5C)cn3)nc2[nH]1. The van der Waals surface area contributed by atoms with Crippen LogP contribution in [0.1, 0.15) is 67.0 Å². The molecule has 2 saturated heterocycles. The first kappa shape index (κ1) is 23.8. The molecule has 0 spiro atoms. The van der Waals surface area contributed by atoms with Crippen LogP contribution in [0.5, 0.6) is 0 Å². The van der Waals surface area contributed by atoms with Crippen LogP contribution >= 0.6 is 0 Å². The number of pyridine rings is 1. The number of fused-ring (bicyclic) bond motifs is 3. The van der Waals surface area contributed by atoms with E-state index in [-0.39, 0.29) is 11.8 Å². The number of aromatic nitrogens is 4. The van der Waals surface area contributed by atoms with Crippen molar-refractivity contribution < 1.29 is 9.59 Å². The highest BCUT2D eigenvalue weighted by molar-refractivity contribution is 5.98. The Balaban J connectivity index is 1.27. The molecule has 10 nitrogen and oxygen atoms in total. The van der Waals surface area contributed by atoms with Crippen molar-refractivity contribution in [3.05, 3.63) is 35.8 Å². The average molecular weight is 503 g/mol. The summed E-state index contributed by atoms with van der Waals surface area (Å²) in [6.07, 6.45) is 9.06. The van der Waals surface area contributed by atoms with Crippen molar-refractivity contribution in [3.8, 4) is 0 Å². The fraction of sp³-hybridized carbons (Fsp3) is 0.519. The normalized spacial score (nSPS) is 22.6. The van der Waals surface area contributed by atoms with Gasteiger partial charge in [0.1, 0.15) is 17.2 Å². The molecule has 6 rings (SSSR count). The zero-order chi connectivity index (χ0) is 25.7. The number of amides is 2. The van der Waals surface area contributed by atoms with Gasteiger partial charge in [0.05, 0.1) is 17.6 Å². The van der Waals surface area contributed by atoms with Crippen molar-refractivity contribution in [2.75, 3.05) is 37.9 Å². The van der Waals surface area contributed by atoms with Gasteiger partial charge >= 0.3 is 0 Å². The number of likely N-dealkylation sites (N-methyl/N-ethyl adjacent to an activating group) is 1. The van der Waals surface area contributed by atoms with Crippen LogP contribution in [0.2, 0.25) is 0 Å². The van der Waals surface area contributed by atoms with Crippen LogP contribution < -0.4 is 10.2 Å². The van der Waals surface area contributed by atoms with E-state index in [4.69, 9.17) is 4.98 Å². The second-order valence-electron chi connectivity index (χ2n) is 10.8. The maximum Gasteiger partial charge on any atom is 0.269 e. The Kier molecular flexibility index (Phi) is 6.06. The van der Waals surface area contributed by atoms with E-state index in [1.54, 1.807) is 25.2 Å². The van der Waals surface area contributed by atoms with Crippen LogP contribution in [0.15, 0.2) is 24.4 Å². The van der Waals surface area contributed by atoms with Crippen LogP contribution in [0, 0.1) is 0 Å². The molecule has 2 N–H and O–H groups in total. The standard InChI is InChI=1S/C27H34N8O2/c1-33(2)26(37)21-13-20-24(16-6-4-5-7-16)31-27(32-25(20)29-21)30-22-11-10-18(14-28-22)35-15-19-9-8-17(34(19)3)12-23(35)36/h10-11,13-14,16-17,19H,4-9,12,15H2,1-3H3,(H2,28,29,30,31,32)/t17-,19+/m0/s1. The molecule has 5 heterocycles. The Morgan fingerprint density at radius 1 is 1.11 bits per heavy atom. The second-order valence-corrected chi connectivity index (χ2v) is 10.8. The van der Waals surface area contributed by atoms with E-state index >= 15 is 0 Å². The van der Waals surface area contributed by atoms with Crippen molar-refractivity contribution in [1.82, 2.24) is 29.7 Å². The molecular weight excluding hydrogens is 468 g/mol. The highest BCUT2D eigenvalue weighted by Crippen LogP contribution is 2.37. The van der Waals surface area contributed by atoms with Crippen molar-refractivity contribution in [1.29, 1.82) is 0 Å². The Labute approximate surface area is 216 Å². The minimum absolute atomic E-state index is 0.0930. The molecule has 194 valence electrons. The molecule has 1 aliphatic carbocycles. The molecule has 3 fully saturated rings. The fourth-order valence-corrected chi connectivity index (χ4v) is 6.12. The maximum atomic E-state index is 12.9. The molecule has 2 atom stereocenters. The quantitative estimate of drug-likeness (QED) is 0.548. The zero-order valence-corrected chi connectivity index (χ0v) is 21.7. The van der Waals surface area contributed by atoms with Crippen LogP contribution in [0.25, 0.3) is 11.0 Å². The number of rotatable bonds is 5. The average Bonchev–Trinajstić information content (AvgIpc) is 3.61. The molecule has 3 aromatic rings. The molecule has 37 heavy (non-hydrogen) atoms. The second kappa shape index (κ2) is 9.41.